The van der Waals surface area contributed by atoms with Gasteiger partial charge in [0, 0.05) is 36.7 Å². The minimum Gasteiger partial charge on any atom is -0.497 e. The Bertz CT molecular complexity index is 1280. The van der Waals surface area contributed by atoms with Crippen molar-refractivity contribution in [3.8, 4) is 5.75 Å². The van der Waals surface area contributed by atoms with Gasteiger partial charge in [0.1, 0.15) is 12.3 Å². The number of furan rings is 1. The van der Waals surface area contributed by atoms with Crippen LogP contribution >= 0.6 is 0 Å². The summed E-state index contributed by atoms with van der Waals surface area (Å²) >= 11 is 0. The molecule has 1 N–H and O–H groups in total. The Labute approximate surface area is 211 Å². The molecule has 2 heterocycles. The number of aromatic nitrogens is 1. The van der Waals surface area contributed by atoms with Crippen molar-refractivity contribution >= 4 is 22.7 Å². The number of ether oxygens (including phenoxy) is 1. The molecule has 0 aliphatic carbocycles. The number of rotatable bonds is 11. The number of para-hydroxylation sites is 1. The molecule has 0 saturated heterocycles. The Morgan fingerprint density at radius 2 is 1.78 bits per heavy atom. The largest absolute Gasteiger partial charge is 0.497 e. The minimum absolute atomic E-state index is 0.0122. The highest BCUT2D eigenvalue weighted by molar-refractivity contribution is 5.94. The summed E-state index contributed by atoms with van der Waals surface area (Å²) in [6, 6.07) is 19.2. The summed E-state index contributed by atoms with van der Waals surface area (Å²) in [7, 11) is 1.63. The molecule has 0 radical (unpaired) electrons. The average Bonchev–Trinajstić information content (AvgIpc) is 3.56. The van der Waals surface area contributed by atoms with Crippen LogP contribution in [0.1, 0.15) is 35.5 Å². The lowest BCUT2D eigenvalue weighted by Crippen LogP contribution is -2.44. The third-order valence-electron chi connectivity index (χ3n) is 6.14. The number of amides is 2. The Balaban J connectivity index is 1.54. The zero-order valence-corrected chi connectivity index (χ0v) is 21.1. The summed E-state index contributed by atoms with van der Waals surface area (Å²) in [5.74, 6) is 0.832. The summed E-state index contributed by atoms with van der Waals surface area (Å²) in [6.07, 6.45) is 4.17. The molecule has 4 aromatic rings. The molecule has 7 nitrogen and oxygen atoms in total. The van der Waals surface area contributed by atoms with E-state index in [0.717, 1.165) is 27.8 Å². The van der Waals surface area contributed by atoms with E-state index in [9.17, 15) is 9.59 Å². The Morgan fingerprint density at radius 3 is 2.47 bits per heavy atom. The van der Waals surface area contributed by atoms with E-state index >= 15 is 0 Å². The summed E-state index contributed by atoms with van der Waals surface area (Å²) in [6.45, 7) is 5.47. The van der Waals surface area contributed by atoms with Crippen LogP contribution in [0, 0.1) is 5.92 Å². The van der Waals surface area contributed by atoms with E-state index in [0.29, 0.717) is 26.1 Å². The molecule has 7 heteroatoms. The maximum absolute atomic E-state index is 13.6. The van der Waals surface area contributed by atoms with Crippen molar-refractivity contribution in [2.45, 2.75) is 26.8 Å². The van der Waals surface area contributed by atoms with Gasteiger partial charge in [0.15, 0.2) is 5.76 Å². The normalized spacial score (nSPS) is 11.1. The molecule has 0 atom stereocenters. The second kappa shape index (κ2) is 11.6. The molecule has 4 rings (SSSR count). The number of carbonyl (C=O) groups excluding carboxylic acids is 2. The van der Waals surface area contributed by atoms with Gasteiger partial charge in [-0.25, -0.2) is 0 Å². The van der Waals surface area contributed by atoms with Crippen molar-refractivity contribution in [1.29, 1.82) is 0 Å². The van der Waals surface area contributed by atoms with Crippen LogP contribution in [-0.4, -0.2) is 53.3 Å². The summed E-state index contributed by atoms with van der Waals surface area (Å²) < 4.78 is 10.6. The van der Waals surface area contributed by atoms with Gasteiger partial charge in [0.25, 0.3) is 5.91 Å². The molecule has 0 unspecified atom stereocenters. The van der Waals surface area contributed by atoms with Crippen LogP contribution in [0.2, 0.25) is 0 Å². The molecule has 0 aliphatic rings. The lowest BCUT2D eigenvalue weighted by atomic mass is 10.1. The number of hydrogen-bond donors (Lipinski definition) is 1. The third kappa shape index (κ3) is 6.16. The van der Waals surface area contributed by atoms with Crippen LogP contribution in [-0.2, 0) is 17.8 Å². The van der Waals surface area contributed by atoms with E-state index in [2.05, 4.69) is 11.1 Å². The van der Waals surface area contributed by atoms with Crippen molar-refractivity contribution in [3.05, 3.63) is 90.0 Å². The zero-order valence-electron chi connectivity index (χ0n) is 21.1. The molecule has 36 heavy (non-hydrogen) atoms. The van der Waals surface area contributed by atoms with Gasteiger partial charge in [-0.2, -0.15) is 0 Å². The highest BCUT2D eigenvalue weighted by atomic mass is 16.5. The number of aromatic amines is 1. The van der Waals surface area contributed by atoms with Crippen molar-refractivity contribution in [2.24, 2.45) is 5.92 Å². The van der Waals surface area contributed by atoms with Crippen LogP contribution in [0.15, 0.2) is 77.5 Å². The van der Waals surface area contributed by atoms with E-state index in [1.165, 1.54) is 6.26 Å². The molecule has 0 saturated carbocycles. The highest BCUT2D eigenvalue weighted by Gasteiger charge is 2.25. The molecular weight excluding hydrogens is 454 g/mol. The molecule has 0 spiro atoms. The molecule has 2 aromatic heterocycles. The van der Waals surface area contributed by atoms with Gasteiger partial charge >= 0.3 is 0 Å². The van der Waals surface area contributed by atoms with Crippen LogP contribution in [0.5, 0.6) is 5.75 Å². The number of hydrogen-bond acceptors (Lipinski definition) is 4. The van der Waals surface area contributed by atoms with Crippen LogP contribution in [0.25, 0.3) is 10.9 Å². The molecule has 2 amide bonds. The predicted molar refractivity (Wildman–Crippen MR) is 140 cm³/mol. The molecule has 0 fully saturated rings. The lowest BCUT2D eigenvalue weighted by molar-refractivity contribution is -0.132. The summed E-state index contributed by atoms with van der Waals surface area (Å²) in [5.41, 5.74) is 3.23. The fourth-order valence-electron chi connectivity index (χ4n) is 4.32. The standard InChI is InChI=1S/C29H33N3O4/c1-21(2)18-32(29(34)27-9-6-16-36-27)20-28(33)31(19-22-10-12-24(35-3)13-11-22)15-14-23-17-30-26-8-5-4-7-25(23)26/h4-13,16-17,21,30H,14-15,18-20H2,1-3H3. The Morgan fingerprint density at radius 1 is 1.00 bits per heavy atom. The van der Waals surface area contributed by atoms with E-state index in [-0.39, 0.29) is 30.0 Å². The smallest absolute Gasteiger partial charge is 0.290 e. The zero-order chi connectivity index (χ0) is 25.5. The number of benzene rings is 2. The van der Waals surface area contributed by atoms with Crippen molar-refractivity contribution < 1.29 is 18.7 Å². The summed E-state index contributed by atoms with van der Waals surface area (Å²) in [5, 5.41) is 1.16. The number of carbonyl (C=O) groups is 2. The van der Waals surface area contributed by atoms with Crippen LogP contribution in [0.4, 0.5) is 0 Å². The molecule has 0 bridgehead atoms. The van der Waals surface area contributed by atoms with Gasteiger partial charge in [0.2, 0.25) is 5.91 Å². The summed E-state index contributed by atoms with van der Waals surface area (Å²) in [4.78, 5) is 33.4. The van der Waals surface area contributed by atoms with Crippen molar-refractivity contribution in [1.82, 2.24) is 14.8 Å². The first-order valence-electron chi connectivity index (χ1n) is 12.2. The van der Waals surface area contributed by atoms with Gasteiger partial charge in [-0.1, -0.05) is 44.2 Å². The Hall–Kier alpha value is -4.00. The second-order valence-corrected chi connectivity index (χ2v) is 9.33. The maximum Gasteiger partial charge on any atom is 0.290 e. The van der Waals surface area contributed by atoms with E-state index in [1.54, 1.807) is 24.1 Å². The fourth-order valence-corrected chi connectivity index (χ4v) is 4.32. The van der Waals surface area contributed by atoms with Crippen molar-refractivity contribution in [3.63, 3.8) is 0 Å². The maximum atomic E-state index is 13.6. The number of nitrogens with one attached hydrogen (secondary N) is 1. The third-order valence-corrected chi connectivity index (χ3v) is 6.14. The monoisotopic (exact) mass is 487 g/mol. The van der Waals surface area contributed by atoms with Gasteiger partial charge in [-0.15, -0.1) is 0 Å². The molecule has 188 valence electrons. The van der Waals surface area contributed by atoms with Crippen molar-refractivity contribution in [2.75, 3.05) is 26.7 Å². The van der Waals surface area contributed by atoms with E-state index in [1.807, 2.05) is 67.4 Å². The Kier molecular flexibility index (Phi) is 8.10. The first kappa shape index (κ1) is 25.1. The van der Waals surface area contributed by atoms with Gasteiger partial charge < -0.3 is 23.9 Å². The number of nitrogens with zero attached hydrogens (tertiary/aromatic N) is 2. The molecule has 2 aromatic carbocycles. The fraction of sp³-hybridized carbons (Fsp3) is 0.310. The van der Waals surface area contributed by atoms with Crippen LogP contribution in [0.3, 0.4) is 0 Å². The topological polar surface area (TPSA) is 78.8 Å². The lowest BCUT2D eigenvalue weighted by Gasteiger charge is -2.28. The predicted octanol–water partition coefficient (Wildman–Crippen LogP) is 5.14. The second-order valence-electron chi connectivity index (χ2n) is 9.33. The number of fused-ring (bicyclic) bond motifs is 1. The van der Waals surface area contributed by atoms with Crippen LogP contribution < -0.4 is 4.74 Å². The van der Waals surface area contributed by atoms with Gasteiger partial charge in [0.05, 0.1) is 13.4 Å². The first-order valence-corrected chi connectivity index (χ1v) is 12.2. The van der Waals surface area contributed by atoms with Gasteiger partial charge in [-0.05, 0) is 53.8 Å². The van der Waals surface area contributed by atoms with Gasteiger partial charge in [-0.3, -0.25) is 9.59 Å². The minimum atomic E-state index is -0.275. The van der Waals surface area contributed by atoms with E-state index in [4.69, 9.17) is 9.15 Å². The average molecular weight is 488 g/mol. The highest BCUT2D eigenvalue weighted by Crippen LogP contribution is 2.20. The number of methoxy groups -OCH3 is 1. The molecule has 0 aliphatic heterocycles. The first-order chi connectivity index (χ1) is 17.4. The SMILES string of the molecule is COc1ccc(CN(CCc2c[nH]c3ccccc23)C(=O)CN(CC(C)C)C(=O)c2ccco2)cc1. The number of H-pyrrole nitrogens is 1. The van der Waals surface area contributed by atoms with E-state index < -0.39 is 0 Å². The quantitative estimate of drug-likeness (QED) is 0.318. The molecular formula is C29H33N3O4.